The summed E-state index contributed by atoms with van der Waals surface area (Å²) in [5, 5.41) is 6.55. The van der Waals surface area contributed by atoms with Gasteiger partial charge in [-0.3, -0.25) is 14.6 Å². The van der Waals surface area contributed by atoms with Gasteiger partial charge in [-0.2, -0.15) is 0 Å². The molecule has 2 bridgehead atoms. The number of nitrogens with one attached hydrogen (secondary N) is 2. The topological polar surface area (TPSA) is 74.3 Å². The molecule has 3 saturated heterocycles. The third-order valence-corrected chi connectivity index (χ3v) is 5.98. The average Bonchev–Trinajstić information content (AvgIpc) is 2.64. The van der Waals surface area contributed by atoms with E-state index in [0.717, 1.165) is 44.3 Å². The van der Waals surface area contributed by atoms with Gasteiger partial charge in [-0.1, -0.05) is 0 Å². The predicted molar refractivity (Wildman–Crippen MR) is 108 cm³/mol. The summed E-state index contributed by atoms with van der Waals surface area (Å²) in [6, 6.07) is 3.86. The van der Waals surface area contributed by atoms with Crippen molar-refractivity contribution in [2.24, 2.45) is 11.8 Å². The van der Waals surface area contributed by atoms with E-state index in [2.05, 4.69) is 15.6 Å². The number of pyridine rings is 1. The van der Waals surface area contributed by atoms with Crippen LogP contribution in [0.3, 0.4) is 0 Å². The van der Waals surface area contributed by atoms with Crippen molar-refractivity contribution in [1.82, 2.24) is 20.5 Å². The fraction of sp³-hybridized carbons (Fsp3) is 0.632. The Hall–Kier alpha value is -1.37. The van der Waals surface area contributed by atoms with Gasteiger partial charge in [-0.05, 0) is 55.8 Å². The third kappa shape index (κ3) is 4.55. The van der Waals surface area contributed by atoms with E-state index in [9.17, 15) is 9.59 Å². The van der Waals surface area contributed by atoms with Gasteiger partial charge < -0.3 is 15.5 Å². The lowest BCUT2D eigenvalue weighted by Gasteiger charge is -2.53. The smallest absolute Gasteiger partial charge is 0.243 e. The number of fused-ring (bicyclic) bond motifs is 4. The van der Waals surface area contributed by atoms with Crippen LogP contribution in [0.4, 0.5) is 0 Å². The second-order valence-electron chi connectivity index (χ2n) is 7.52. The lowest BCUT2D eigenvalue weighted by molar-refractivity contribution is -0.157. The van der Waals surface area contributed by atoms with Gasteiger partial charge in [0.25, 0.3) is 0 Å². The van der Waals surface area contributed by atoms with E-state index in [1.807, 2.05) is 17.0 Å². The quantitative estimate of drug-likeness (QED) is 0.783. The van der Waals surface area contributed by atoms with Gasteiger partial charge in [-0.15, -0.1) is 24.8 Å². The van der Waals surface area contributed by atoms with Crippen molar-refractivity contribution in [1.29, 1.82) is 0 Å². The number of hydrogen-bond acceptors (Lipinski definition) is 4. The molecule has 0 saturated carbocycles. The second kappa shape index (κ2) is 9.71. The van der Waals surface area contributed by atoms with Gasteiger partial charge in [0.15, 0.2) is 0 Å². The molecule has 4 atom stereocenters. The normalized spacial score (nSPS) is 29.0. The Kier molecular flexibility index (Phi) is 7.89. The Morgan fingerprint density at radius 1 is 1.22 bits per heavy atom. The predicted octanol–water partition coefficient (Wildman–Crippen LogP) is 1.57. The fourth-order valence-electron chi connectivity index (χ4n) is 4.83. The lowest BCUT2D eigenvalue weighted by atomic mass is 9.72. The summed E-state index contributed by atoms with van der Waals surface area (Å²) in [5.74, 6) is 0.922. The molecule has 150 valence electrons. The first-order valence-electron chi connectivity index (χ1n) is 9.42. The highest BCUT2D eigenvalue weighted by Crippen LogP contribution is 2.39. The molecule has 0 aliphatic carbocycles. The molecule has 3 fully saturated rings. The molecule has 4 heterocycles. The molecule has 6 nitrogen and oxygen atoms in total. The van der Waals surface area contributed by atoms with Crippen molar-refractivity contribution in [3.63, 3.8) is 0 Å². The first kappa shape index (κ1) is 21.9. The van der Waals surface area contributed by atoms with Crippen LogP contribution in [0.25, 0.3) is 0 Å². The largest absolute Gasteiger partial charge is 0.354 e. The van der Waals surface area contributed by atoms with Gasteiger partial charge in [0.2, 0.25) is 11.8 Å². The van der Waals surface area contributed by atoms with Crippen LogP contribution in [-0.2, 0) is 16.0 Å². The number of halogens is 2. The minimum atomic E-state index is -0.306. The Bertz CT molecular complexity index is 646. The lowest BCUT2D eigenvalue weighted by Crippen LogP contribution is -2.68. The zero-order chi connectivity index (χ0) is 17.2. The monoisotopic (exact) mass is 414 g/mol. The molecule has 1 aromatic rings. The maximum atomic E-state index is 12.9. The van der Waals surface area contributed by atoms with E-state index in [-0.39, 0.29) is 54.6 Å². The molecular weight excluding hydrogens is 387 g/mol. The van der Waals surface area contributed by atoms with E-state index in [1.54, 1.807) is 12.4 Å². The zero-order valence-corrected chi connectivity index (χ0v) is 16.9. The number of piperidine rings is 3. The van der Waals surface area contributed by atoms with E-state index in [1.165, 1.54) is 0 Å². The van der Waals surface area contributed by atoms with E-state index >= 15 is 0 Å². The summed E-state index contributed by atoms with van der Waals surface area (Å²) < 4.78 is 0. The van der Waals surface area contributed by atoms with Crippen LogP contribution in [0.1, 0.15) is 31.2 Å². The number of hydrogen-bond donors (Lipinski definition) is 2. The van der Waals surface area contributed by atoms with E-state index < -0.39 is 0 Å². The molecule has 0 aromatic carbocycles. The van der Waals surface area contributed by atoms with Crippen LogP contribution < -0.4 is 10.6 Å². The van der Waals surface area contributed by atoms with Crippen molar-refractivity contribution in [2.75, 3.05) is 19.6 Å². The molecule has 1 aromatic heterocycles. The van der Waals surface area contributed by atoms with Gasteiger partial charge in [0.1, 0.15) is 6.04 Å². The Morgan fingerprint density at radius 3 is 2.74 bits per heavy atom. The Labute approximate surface area is 172 Å². The molecule has 3 aliphatic rings. The molecule has 27 heavy (non-hydrogen) atoms. The maximum Gasteiger partial charge on any atom is 0.243 e. The van der Waals surface area contributed by atoms with Crippen LogP contribution in [-0.4, -0.2) is 53.4 Å². The highest BCUT2D eigenvalue weighted by molar-refractivity contribution is 5.89. The van der Waals surface area contributed by atoms with Crippen LogP contribution in [0.5, 0.6) is 0 Å². The number of carbonyl (C=O) groups excluding carboxylic acids is 2. The SMILES string of the molecule is Cl.Cl.O=C(NCCc1ccncc1)[C@H]1[C@@H]2CNC[C@@H](C2)[C@@H]2CCCC(=O)N21. The molecule has 2 amide bonds. The highest BCUT2D eigenvalue weighted by atomic mass is 35.5. The van der Waals surface area contributed by atoms with Gasteiger partial charge in [0, 0.05) is 43.9 Å². The minimum absolute atomic E-state index is 0. The third-order valence-electron chi connectivity index (χ3n) is 5.98. The molecule has 0 unspecified atom stereocenters. The molecule has 8 heteroatoms. The summed E-state index contributed by atoms with van der Waals surface area (Å²) in [6.07, 6.45) is 7.95. The Balaban J connectivity index is 0.00000131. The number of aromatic nitrogens is 1. The molecule has 4 rings (SSSR count). The standard InChI is InChI=1S/C19H26N4O2.2ClH/c24-17-3-1-2-16-14-10-15(12-21-11-14)18(23(16)17)19(25)22-9-6-13-4-7-20-8-5-13;;/h4-5,7-8,14-16,18,21H,1-3,6,9-12H2,(H,22,25);2*1H/t14-,15+,16+,18-;;/m1../s1. The summed E-state index contributed by atoms with van der Waals surface area (Å²) in [4.78, 5) is 31.5. The molecule has 0 spiro atoms. The second-order valence-corrected chi connectivity index (χ2v) is 7.52. The summed E-state index contributed by atoms with van der Waals surface area (Å²) in [5.41, 5.74) is 1.16. The van der Waals surface area contributed by atoms with Crippen molar-refractivity contribution in [3.8, 4) is 0 Å². The summed E-state index contributed by atoms with van der Waals surface area (Å²) in [6.45, 7) is 2.40. The number of amides is 2. The first-order chi connectivity index (χ1) is 12.2. The molecular formula is C19H28Cl2N4O2. The zero-order valence-electron chi connectivity index (χ0n) is 15.3. The van der Waals surface area contributed by atoms with Crippen LogP contribution >= 0.6 is 24.8 Å². The fourth-order valence-corrected chi connectivity index (χ4v) is 4.83. The molecule has 2 N–H and O–H groups in total. The first-order valence-corrected chi connectivity index (χ1v) is 9.42. The van der Waals surface area contributed by atoms with Gasteiger partial charge in [0.05, 0.1) is 0 Å². The minimum Gasteiger partial charge on any atom is -0.354 e. The molecule has 0 radical (unpaired) electrons. The van der Waals surface area contributed by atoms with Crippen molar-refractivity contribution >= 4 is 36.6 Å². The maximum absolute atomic E-state index is 12.9. The van der Waals surface area contributed by atoms with E-state index in [0.29, 0.717) is 18.9 Å². The van der Waals surface area contributed by atoms with Crippen LogP contribution in [0, 0.1) is 11.8 Å². The summed E-state index contributed by atoms with van der Waals surface area (Å²) >= 11 is 0. The highest BCUT2D eigenvalue weighted by Gasteiger charge is 2.50. The van der Waals surface area contributed by atoms with Crippen molar-refractivity contribution < 1.29 is 9.59 Å². The van der Waals surface area contributed by atoms with Gasteiger partial charge in [-0.25, -0.2) is 0 Å². The van der Waals surface area contributed by atoms with Crippen molar-refractivity contribution in [2.45, 2.75) is 44.2 Å². The van der Waals surface area contributed by atoms with Gasteiger partial charge >= 0.3 is 0 Å². The number of carbonyl (C=O) groups is 2. The number of rotatable bonds is 4. The van der Waals surface area contributed by atoms with E-state index in [4.69, 9.17) is 0 Å². The Morgan fingerprint density at radius 2 is 1.96 bits per heavy atom. The van der Waals surface area contributed by atoms with Crippen molar-refractivity contribution in [3.05, 3.63) is 30.1 Å². The summed E-state index contributed by atoms with van der Waals surface area (Å²) in [7, 11) is 0. The average molecular weight is 415 g/mol. The molecule has 3 aliphatic heterocycles. The van der Waals surface area contributed by atoms with Crippen LogP contribution in [0.15, 0.2) is 24.5 Å². The number of nitrogens with zero attached hydrogens (tertiary/aromatic N) is 2. The van der Waals surface area contributed by atoms with Crippen LogP contribution in [0.2, 0.25) is 0 Å².